The average molecular weight is 343 g/mol. The van der Waals surface area contributed by atoms with Crippen LogP contribution < -0.4 is 10.6 Å². The lowest BCUT2D eigenvalue weighted by molar-refractivity contribution is 0.614. The van der Waals surface area contributed by atoms with Crippen molar-refractivity contribution >= 4 is 17.3 Å². The molecule has 1 aliphatic rings. The van der Waals surface area contributed by atoms with Crippen LogP contribution in [0.1, 0.15) is 43.2 Å². The summed E-state index contributed by atoms with van der Waals surface area (Å²) < 4.78 is 0. The number of nitrogens with zero attached hydrogens (tertiary/aromatic N) is 2. The molecule has 1 fully saturated rings. The van der Waals surface area contributed by atoms with Crippen LogP contribution in [0.4, 0.5) is 0 Å². The van der Waals surface area contributed by atoms with Crippen molar-refractivity contribution in [3.8, 4) is 10.6 Å². The third-order valence-electron chi connectivity index (χ3n) is 4.33. The molecule has 128 valence electrons. The van der Waals surface area contributed by atoms with Gasteiger partial charge in [-0.3, -0.25) is 0 Å². The zero-order valence-corrected chi connectivity index (χ0v) is 15.3. The lowest BCUT2D eigenvalue weighted by Gasteiger charge is -2.16. The maximum atomic E-state index is 4.78. The minimum absolute atomic E-state index is 0.574. The van der Waals surface area contributed by atoms with Crippen molar-refractivity contribution in [3.63, 3.8) is 0 Å². The average Bonchev–Trinajstić information content (AvgIpc) is 3.23. The summed E-state index contributed by atoms with van der Waals surface area (Å²) in [7, 11) is 0. The monoisotopic (exact) mass is 342 g/mol. The van der Waals surface area contributed by atoms with Gasteiger partial charge in [-0.15, -0.1) is 11.3 Å². The van der Waals surface area contributed by atoms with Crippen molar-refractivity contribution in [1.29, 1.82) is 0 Å². The topological polar surface area (TPSA) is 49.3 Å². The van der Waals surface area contributed by atoms with Crippen LogP contribution in [0.15, 0.2) is 35.3 Å². The number of rotatable bonds is 5. The first-order valence-corrected chi connectivity index (χ1v) is 9.64. The van der Waals surface area contributed by atoms with Gasteiger partial charge in [0.2, 0.25) is 0 Å². The molecule has 24 heavy (non-hydrogen) atoms. The van der Waals surface area contributed by atoms with Crippen molar-refractivity contribution < 1.29 is 0 Å². The van der Waals surface area contributed by atoms with E-state index in [1.165, 1.54) is 36.1 Å². The molecule has 0 spiro atoms. The van der Waals surface area contributed by atoms with E-state index in [-0.39, 0.29) is 0 Å². The number of thiazole rings is 1. The molecule has 1 aromatic carbocycles. The van der Waals surface area contributed by atoms with E-state index in [2.05, 4.69) is 48.7 Å². The zero-order valence-electron chi connectivity index (χ0n) is 14.5. The number of aliphatic imine (C=N–C) groups is 1. The highest BCUT2D eigenvalue weighted by Gasteiger charge is 2.16. The Balaban J connectivity index is 1.70. The van der Waals surface area contributed by atoms with Crippen molar-refractivity contribution in [2.75, 3.05) is 6.54 Å². The minimum Gasteiger partial charge on any atom is -0.357 e. The first-order chi connectivity index (χ1) is 11.8. The Labute approximate surface area is 148 Å². The molecule has 1 aromatic heterocycles. The highest BCUT2D eigenvalue weighted by atomic mass is 32.1. The van der Waals surface area contributed by atoms with Crippen LogP contribution in [0.5, 0.6) is 0 Å². The number of hydrogen-bond acceptors (Lipinski definition) is 3. The molecule has 0 atom stereocenters. The third kappa shape index (κ3) is 4.35. The summed E-state index contributed by atoms with van der Waals surface area (Å²) in [5, 5.41) is 8.00. The second kappa shape index (κ2) is 8.29. The fourth-order valence-electron chi connectivity index (χ4n) is 3.01. The van der Waals surface area contributed by atoms with E-state index in [1.54, 1.807) is 11.3 Å². The first-order valence-electron chi connectivity index (χ1n) is 8.83. The van der Waals surface area contributed by atoms with Crippen molar-refractivity contribution in [1.82, 2.24) is 15.6 Å². The predicted molar refractivity (Wildman–Crippen MR) is 102 cm³/mol. The van der Waals surface area contributed by atoms with Gasteiger partial charge in [0.1, 0.15) is 5.01 Å². The third-order valence-corrected chi connectivity index (χ3v) is 5.53. The van der Waals surface area contributed by atoms with Gasteiger partial charge in [0.05, 0.1) is 12.2 Å². The normalized spacial score (nSPS) is 15.7. The number of benzene rings is 1. The van der Waals surface area contributed by atoms with Crippen LogP contribution in [0.2, 0.25) is 0 Å². The van der Waals surface area contributed by atoms with Gasteiger partial charge in [0.15, 0.2) is 5.96 Å². The van der Waals surface area contributed by atoms with Gasteiger partial charge in [0.25, 0.3) is 0 Å². The molecule has 2 N–H and O–H groups in total. The zero-order chi connectivity index (χ0) is 16.8. The van der Waals surface area contributed by atoms with E-state index in [9.17, 15) is 0 Å². The number of hydrogen-bond donors (Lipinski definition) is 2. The Morgan fingerprint density at radius 2 is 2.00 bits per heavy atom. The number of aromatic nitrogens is 1. The van der Waals surface area contributed by atoms with E-state index in [4.69, 9.17) is 9.98 Å². The Morgan fingerprint density at radius 3 is 2.71 bits per heavy atom. The van der Waals surface area contributed by atoms with Crippen LogP contribution in [0.25, 0.3) is 10.6 Å². The smallest absolute Gasteiger partial charge is 0.191 e. The van der Waals surface area contributed by atoms with Crippen LogP contribution >= 0.6 is 11.3 Å². The summed E-state index contributed by atoms with van der Waals surface area (Å²) in [4.78, 5) is 10.7. The Kier molecular flexibility index (Phi) is 5.86. The maximum absolute atomic E-state index is 4.78. The minimum atomic E-state index is 0.574. The van der Waals surface area contributed by atoms with E-state index >= 15 is 0 Å². The molecular formula is C19H26N4S. The van der Waals surface area contributed by atoms with Crippen molar-refractivity contribution in [2.24, 2.45) is 4.99 Å². The van der Waals surface area contributed by atoms with Gasteiger partial charge in [-0.05, 0) is 26.7 Å². The highest BCUT2D eigenvalue weighted by molar-refractivity contribution is 7.15. The Morgan fingerprint density at radius 1 is 1.25 bits per heavy atom. The van der Waals surface area contributed by atoms with E-state index < -0.39 is 0 Å². The molecule has 0 radical (unpaired) electrons. The molecule has 3 rings (SSSR count). The summed E-state index contributed by atoms with van der Waals surface area (Å²) in [6, 6.07) is 10.9. The SMILES string of the molecule is CCNC(=NCc1sc(-c2ccccc2)nc1C)NC1CCCC1. The van der Waals surface area contributed by atoms with Gasteiger partial charge in [-0.2, -0.15) is 0 Å². The number of guanidine groups is 1. The Bertz CT molecular complexity index is 672. The molecule has 1 saturated carbocycles. The summed E-state index contributed by atoms with van der Waals surface area (Å²) in [5.41, 5.74) is 2.26. The summed E-state index contributed by atoms with van der Waals surface area (Å²) in [6.07, 6.45) is 5.15. The van der Waals surface area contributed by atoms with Crippen molar-refractivity contribution in [2.45, 2.75) is 52.1 Å². The van der Waals surface area contributed by atoms with Gasteiger partial charge in [-0.1, -0.05) is 43.2 Å². The van der Waals surface area contributed by atoms with Crippen LogP contribution in [0.3, 0.4) is 0 Å². The highest BCUT2D eigenvalue weighted by Crippen LogP contribution is 2.28. The summed E-state index contributed by atoms with van der Waals surface area (Å²) >= 11 is 1.74. The van der Waals surface area contributed by atoms with Gasteiger partial charge in [-0.25, -0.2) is 9.98 Å². The summed E-state index contributed by atoms with van der Waals surface area (Å²) in [5.74, 6) is 0.929. The van der Waals surface area contributed by atoms with E-state index in [0.29, 0.717) is 12.6 Å². The first kappa shape index (κ1) is 17.0. The molecule has 5 heteroatoms. The van der Waals surface area contributed by atoms with Crippen LogP contribution in [-0.2, 0) is 6.54 Å². The lowest BCUT2D eigenvalue weighted by atomic mass is 10.2. The second-order valence-electron chi connectivity index (χ2n) is 6.21. The van der Waals surface area contributed by atoms with Gasteiger partial charge >= 0.3 is 0 Å². The van der Waals surface area contributed by atoms with Gasteiger partial charge in [0, 0.05) is 23.0 Å². The lowest BCUT2D eigenvalue weighted by Crippen LogP contribution is -2.42. The molecular weight excluding hydrogens is 316 g/mol. The molecule has 0 saturated heterocycles. The fraction of sp³-hybridized carbons (Fsp3) is 0.474. The molecule has 4 nitrogen and oxygen atoms in total. The molecule has 0 aliphatic heterocycles. The maximum Gasteiger partial charge on any atom is 0.191 e. The molecule has 2 aromatic rings. The standard InChI is InChI=1S/C19H26N4S/c1-3-20-19(23-16-11-7-8-12-16)21-13-17-14(2)22-18(24-17)15-9-5-4-6-10-15/h4-6,9-10,16H,3,7-8,11-13H2,1-2H3,(H2,20,21,23). The van der Waals surface area contributed by atoms with E-state index in [0.717, 1.165) is 23.2 Å². The van der Waals surface area contributed by atoms with Crippen molar-refractivity contribution in [3.05, 3.63) is 40.9 Å². The summed E-state index contributed by atoms with van der Waals surface area (Å²) in [6.45, 7) is 5.75. The van der Waals surface area contributed by atoms with Gasteiger partial charge < -0.3 is 10.6 Å². The molecule has 0 bridgehead atoms. The van der Waals surface area contributed by atoms with Crippen LogP contribution in [-0.4, -0.2) is 23.5 Å². The molecule has 1 aliphatic carbocycles. The van der Waals surface area contributed by atoms with E-state index in [1.807, 2.05) is 6.07 Å². The van der Waals surface area contributed by atoms with Crippen LogP contribution in [0, 0.1) is 6.92 Å². The number of nitrogens with one attached hydrogen (secondary N) is 2. The predicted octanol–water partition coefficient (Wildman–Crippen LogP) is 4.12. The fourth-order valence-corrected chi connectivity index (χ4v) is 4.01. The largest absolute Gasteiger partial charge is 0.357 e. The number of aryl methyl sites for hydroxylation is 1. The molecule has 0 unspecified atom stereocenters. The molecule has 1 heterocycles. The Hall–Kier alpha value is -1.88. The molecule has 0 amide bonds. The second-order valence-corrected chi connectivity index (χ2v) is 7.30. The quantitative estimate of drug-likeness (QED) is 0.635.